The van der Waals surface area contributed by atoms with Gasteiger partial charge in [0.05, 0.1) is 6.20 Å². The van der Waals surface area contributed by atoms with Gasteiger partial charge in [-0.25, -0.2) is 4.98 Å². The quantitative estimate of drug-likeness (QED) is 0.712. The predicted molar refractivity (Wildman–Crippen MR) is 51.2 cm³/mol. The van der Waals surface area contributed by atoms with E-state index in [-0.39, 0.29) is 0 Å². The van der Waals surface area contributed by atoms with E-state index in [9.17, 15) is 0 Å². The summed E-state index contributed by atoms with van der Waals surface area (Å²) in [6.07, 6.45) is 7.36. The van der Waals surface area contributed by atoms with Crippen LogP contribution in [0.2, 0.25) is 0 Å². The molecular weight excluding hydrogens is 164 g/mol. The Balaban J connectivity index is 1.74. The summed E-state index contributed by atoms with van der Waals surface area (Å²) in [4.78, 5) is 8.09. The maximum atomic E-state index is 5.68. The van der Waals surface area contributed by atoms with Crippen molar-refractivity contribution < 1.29 is 0 Å². The minimum Gasteiger partial charge on any atom is -0.369 e. The monoisotopic (exact) mass is 178 g/mol. The molecule has 0 spiro atoms. The van der Waals surface area contributed by atoms with Crippen molar-refractivity contribution in [3.8, 4) is 0 Å². The summed E-state index contributed by atoms with van der Waals surface area (Å²) < 4.78 is 0. The van der Waals surface area contributed by atoms with Crippen LogP contribution in [0.25, 0.3) is 0 Å². The fourth-order valence-corrected chi connectivity index (χ4v) is 1.59. The lowest BCUT2D eigenvalue weighted by Crippen LogP contribution is -2.39. The molecule has 0 bridgehead atoms. The molecule has 0 amide bonds. The van der Waals surface area contributed by atoms with Crippen LogP contribution in [-0.4, -0.2) is 22.6 Å². The normalized spacial score (nSPS) is 26.5. The zero-order valence-corrected chi connectivity index (χ0v) is 7.48. The molecule has 1 aliphatic carbocycles. The van der Waals surface area contributed by atoms with Crippen molar-refractivity contribution in [1.29, 1.82) is 0 Å². The topological polar surface area (TPSA) is 63.8 Å². The third kappa shape index (κ3) is 2.15. The molecule has 1 saturated carbocycles. The van der Waals surface area contributed by atoms with Crippen molar-refractivity contribution in [3.63, 3.8) is 0 Å². The van der Waals surface area contributed by atoms with Crippen LogP contribution >= 0.6 is 0 Å². The van der Waals surface area contributed by atoms with Crippen LogP contribution in [0.3, 0.4) is 0 Å². The zero-order valence-electron chi connectivity index (χ0n) is 7.48. The van der Waals surface area contributed by atoms with Crippen LogP contribution in [0.5, 0.6) is 0 Å². The number of hydrogen-bond donors (Lipinski definition) is 2. The van der Waals surface area contributed by atoms with Gasteiger partial charge in [-0.3, -0.25) is 4.98 Å². The lowest BCUT2D eigenvalue weighted by atomic mass is 9.81. The van der Waals surface area contributed by atoms with Crippen LogP contribution < -0.4 is 11.1 Å². The Kier molecular flexibility index (Phi) is 2.40. The van der Waals surface area contributed by atoms with Gasteiger partial charge in [-0.1, -0.05) is 0 Å². The fraction of sp³-hybridized carbons (Fsp3) is 0.556. The molecule has 1 fully saturated rings. The molecule has 0 aromatic carbocycles. The number of aromatic nitrogens is 2. The van der Waals surface area contributed by atoms with Gasteiger partial charge in [-0.15, -0.1) is 0 Å². The maximum absolute atomic E-state index is 5.68. The first kappa shape index (κ1) is 8.44. The lowest BCUT2D eigenvalue weighted by molar-refractivity contribution is 0.280. The number of nitrogens with two attached hydrogens (primary N) is 1. The third-order valence-electron chi connectivity index (χ3n) is 2.41. The average molecular weight is 178 g/mol. The number of nitrogens with zero attached hydrogens (tertiary/aromatic N) is 2. The minimum absolute atomic E-state index is 0.425. The van der Waals surface area contributed by atoms with Crippen LogP contribution in [0.4, 0.5) is 5.82 Å². The molecule has 1 aromatic rings. The second kappa shape index (κ2) is 3.70. The van der Waals surface area contributed by atoms with Gasteiger partial charge in [0.1, 0.15) is 5.82 Å². The van der Waals surface area contributed by atoms with E-state index in [1.54, 1.807) is 18.6 Å². The summed E-state index contributed by atoms with van der Waals surface area (Å²) in [5.74, 6) is 1.57. The van der Waals surface area contributed by atoms with Crippen LogP contribution in [0.15, 0.2) is 18.6 Å². The van der Waals surface area contributed by atoms with E-state index in [0.717, 1.165) is 31.1 Å². The molecule has 1 heterocycles. The van der Waals surface area contributed by atoms with Gasteiger partial charge in [0.25, 0.3) is 0 Å². The third-order valence-corrected chi connectivity index (χ3v) is 2.41. The Labute approximate surface area is 77.6 Å². The molecule has 0 aliphatic heterocycles. The van der Waals surface area contributed by atoms with E-state index >= 15 is 0 Å². The highest BCUT2D eigenvalue weighted by Gasteiger charge is 2.25. The molecule has 13 heavy (non-hydrogen) atoms. The van der Waals surface area contributed by atoms with Crippen molar-refractivity contribution in [2.45, 2.75) is 18.9 Å². The molecular formula is C9H14N4. The summed E-state index contributed by atoms with van der Waals surface area (Å²) in [5, 5.41) is 3.24. The molecule has 0 radical (unpaired) electrons. The SMILES string of the molecule is NC1CC(CNc2cnccn2)C1. The van der Waals surface area contributed by atoms with Crippen LogP contribution in [-0.2, 0) is 0 Å². The smallest absolute Gasteiger partial charge is 0.144 e. The van der Waals surface area contributed by atoms with Crippen LogP contribution in [0, 0.1) is 5.92 Å². The maximum Gasteiger partial charge on any atom is 0.144 e. The van der Waals surface area contributed by atoms with Gasteiger partial charge in [-0.05, 0) is 18.8 Å². The molecule has 3 N–H and O–H groups in total. The van der Waals surface area contributed by atoms with Crippen molar-refractivity contribution >= 4 is 5.82 Å². The van der Waals surface area contributed by atoms with Gasteiger partial charge in [-0.2, -0.15) is 0 Å². The van der Waals surface area contributed by atoms with Gasteiger partial charge in [0.15, 0.2) is 0 Å². The van der Waals surface area contributed by atoms with E-state index < -0.39 is 0 Å². The summed E-state index contributed by atoms with van der Waals surface area (Å²) in [7, 11) is 0. The van der Waals surface area contributed by atoms with E-state index in [4.69, 9.17) is 5.73 Å². The van der Waals surface area contributed by atoms with Gasteiger partial charge in [0, 0.05) is 25.0 Å². The molecule has 0 atom stereocenters. The molecule has 4 nitrogen and oxygen atoms in total. The lowest BCUT2D eigenvalue weighted by Gasteiger charge is -2.32. The molecule has 2 rings (SSSR count). The number of nitrogens with one attached hydrogen (secondary N) is 1. The largest absolute Gasteiger partial charge is 0.369 e. The molecule has 1 aliphatic rings. The fourth-order valence-electron chi connectivity index (χ4n) is 1.59. The van der Waals surface area contributed by atoms with E-state index in [1.807, 2.05) is 0 Å². The van der Waals surface area contributed by atoms with Crippen molar-refractivity contribution in [2.24, 2.45) is 11.7 Å². The second-order valence-electron chi connectivity index (χ2n) is 3.57. The molecule has 4 heteroatoms. The van der Waals surface area contributed by atoms with Gasteiger partial charge >= 0.3 is 0 Å². The Hall–Kier alpha value is -1.16. The Morgan fingerprint density at radius 1 is 1.46 bits per heavy atom. The zero-order chi connectivity index (χ0) is 9.10. The highest BCUT2D eigenvalue weighted by atomic mass is 15.0. The number of rotatable bonds is 3. The first-order valence-electron chi connectivity index (χ1n) is 4.60. The standard InChI is InChI=1S/C9H14N4/c10-8-3-7(4-8)5-13-9-6-11-1-2-12-9/h1-2,6-8H,3-5,10H2,(H,12,13). The van der Waals surface area contributed by atoms with Crippen molar-refractivity contribution in [2.75, 3.05) is 11.9 Å². The first-order valence-corrected chi connectivity index (χ1v) is 4.60. The molecule has 70 valence electrons. The molecule has 1 aromatic heterocycles. The van der Waals surface area contributed by atoms with Crippen LogP contribution in [0.1, 0.15) is 12.8 Å². The first-order chi connectivity index (χ1) is 6.34. The number of hydrogen-bond acceptors (Lipinski definition) is 4. The Bertz CT molecular complexity index is 256. The average Bonchev–Trinajstić information content (AvgIpc) is 2.12. The van der Waals surface area contributed by atoms with Crippen molar-refractivity contribution in [1.82, 2.24) is 9.97 Å². The van der Waals surface area contributed by atoms with E-state index in [0.29, 0.717) is 6.04 Å². The summed E-state index contributed by atoms with van der Waals surface area (Å²) in [6.45, 7) is 0.965. The van der Waals surface area contributed by atoms with Gasteiger partial charge in [0.2, 0.25) is 0 Å². The summed E-state index contributed by atoms with van der Waals surface area (Å²) in [6, 6.07) is 0.425. The predicted octanol–water partition coefficient (Wildman–Crippen LogP) is 0.626. The number of anilines is 1. The van der Waals surface area contributed by atoms with E-state index in [2.05, 4.69) is 15.3 Å². The van der Waals surface area contributed by atoms with E-state index in [1.165, 1.54) is 0 Å². The van der Waals surface area contributed by atoms with Crippen molar-refractivity contribution in [3.05, 3.63) is 18.6 Å². The minimum atomic E-state index is 0.425. The highest BCUT2D eigenvalue weighted by molar-refractivity contribution is 5.29. The Morgan fingerprint density at radius 2 is 2.31 bits per heavy atom. The molecule has 0 saturated heterocycles. The highest BCUT2D eigenvalue weighted by Crippen LogP contribution is 2.25. The Morgan fingerprint density at radius 3 is 2.92 bits per heavy atom. The molecule has 0 unspecified atom stereocenters. The summed E-state index contributed by atoms with van der Waals surface area (Å²) in [5.41, 5.74) is 5.68. The second-order valence-corrected chi connectivity index (χ2v) is 3.57. The van der Waals surface area contributed by atoms with Gasteiger partial charge < -0.3 is 11.1 Å². The summed E-state index contributed by atoms with van der Waals surface area (Å²) >= 11 is 0.